The molecule has 1 spiro atoms. The van der Waals surface area contributed by atoms with Crippen molar-refractivity contribution in [2.45, 2.75) is 5.41 Å². The molecular weight excluding hydrogens is 689 g/mol. The van der Waals surface area contributed by atoms with Crippen molar-refractivity contribution in [3.05, 3.63) is 241 Å². The first kappa shape index (κ1) is 31.9. The summed E-state index contributed by atoms with van der Waals surface area (Å²) < 4.78 is 2.51. The van der Waals surface area contributed by atoms with Gasteiger partial charge >= 0.3 is 0 Å². The van der Waals surface area contributed by atoms with Crippen LogP contribution in [0.4, 0.5) is 17.1 Å². The minimum Gasteiger partial charge on any atom is -0.310 e. The second-order valence-electron chi connectivity index (χ2n) is 15.2. The van der Waals surface area contributed by atoms with E-state index in [0.717, 1.165) is 17.1 Å². The lowest BCUT2D eigenvalue weighted by atomic mass is 9.65. The molecule has 0 saturated heterocycles. The number of fused-ring (bicyclic) bond motifs is 12. The number of aromatic nitrogens is 1. The molecule has 10 aromatic rings. The van der Waals surface area contributed by atoms with Crippen LogP contribution < -0.4 is 4.90 Å². The average molecular weight is 725 g/mol. The molecule has 1 aliphatic carbocycles. The molecule has 12 rings (SSSR count). The average Bonchev–Trinajstić information content (AvgIpc) is 3.78. The molecule has 1 aromatic heterocycles. The van der Waals surface area contributed by atoms with Crippen LogP contribution in [0.1, 0.15) is 22.3 Å². The topological polar surface area (TPSA) is 8.17 Å². The van der Waals surface area contributed by atoms with Gasteiger partial charge in [0.15, 0.2) is 0 Å². The van der Waals surface area contributed by atoms with Crippen molar-refractivity contribution < 1.29 is 0 Å². The smallest absolute Gasteiger partial charge is 0.0754 e. The summed E-state index contributed by atoms with van der Waals surface area (Å²) in [5, 5.41) is 2.58. The zero-order chi connectivity index (χ0) is 37.5. The van der Waals surface area contributed by atoms with E-state index in [1.54, 1.807) is 0 Å². The summed E-state index contributed by atoms with van der Waals surface area (Å²) in [7, 11) is 0. The minimum absolute atomic E-state index is 0.488. The van der Waals surface area contributed by atoms with Gasteiger partial charge in [0.25, 0.3) is 0 Å². The predicted molar refractivity (Wildman–Crippen MR) is 237 cm³/mol. The van der Waals surface area contributed by atoms with Crippen molar-refractivity contribution in [2.75, 3.05) is 4.90 Å². The fourth-order valence-electron chi connectivity index (χ4n) is 10.1. The molecular formula is C55H36N2. The van der Waals surface area contributed by atoms with E-state index >= 15 is 0 Å². The summed E-state index contributed by atoms with van der Waals surface area (Å²) in [4.78, 5) is 2.44. The number of hydrogen-bond donors (Lipinski definition) is 0. The Balaban J connectivity index is 1.11. The van der Waals surface area contributed by atoms with Crippen molar-refractivity contribution in [3.8, 4) is 39.1 Å². The lowest BCUT2D eigenvalue weighted by Gasteiger charge is -2.39. The Bertz CT molecular complexity index is 3190. The van der Waals surface area contributed by atoms with Gasteiger partial charge in [-0.15, -0.1) is 0 Å². The van der Waals surface area contributed by atoms with Crippen LogP contribution in [0.25, 0.3) is 60.9 Å². The lowest BCUT2D eigenvalue weighted by Crippen LogP contribution is -2.33. The highest BCUT2D eigenvalue weighted by atomic mass is 15.1. The third kappa shape index (κ3) is 4.47. The van der Waals surface area contributed by atoms with E-state index < -0.39 is 5.41 Å². The first-order valence-corrected chi connectivity index (χ1v) is 19.8. The maximum absolute atomic E-state index is 2.51. The molecule has 9 aromatic carbocycles. The molecule has 266 valence electrons. The molecule has 2 heteroatoms. The molecule has 1 aliphatic heterocycles. The normalized spacial score (nSPS) is 14.7. The highest BCUT2D eigenvalue weighted by molar-refractivity contribution is 6.13. The van der Waals surface area contributed by atoms with Crippen LogP contribution in [0.3, 0.4) is 0 Å². The van der Waals surface area contributed by atoms with Crippen molar-refractivity contribution in [2.24, 2.45) is 0 Å². The molecule has 1 unspecified atom stereocenters. The second kappa shape index (κ2) is 12.3. The van der Waals surface area contributed by atoms with Crippen molar-refractivity contribution >= 4 is 38.9 Å². The van der Waals surface area contributed by atoms with E-state index in [2.05, 4.69) is 228 Å². The number of anilines is 3. The van der Waals surface area contributed by atoms with Crippen LogP contribution in [-0.4, -0.2) is 4.57 Å². The standard InChI is InChI=1S/C55H36N2/c1-3-17-37(18-4-1)38-19-15-20-39(35-38)42-23-8-12-30-51(42)56(40-21-5-2-6-22-40)41-33-34-48-46(36-41)43-24-7-10-27-47(43)55(48)49-28-11-14-32-53(49)57-52-31-13-9-25-44(52)45-26-16-29-50(55)54(45)57/h1-36H. The number of nitrogens with zero attached hydrogens (tertiary/aromatic N) is 2. The largest absolute Gasteiger partial charge is 0.310 e. The van der Waals surface area contributed by atoms with E-state index in [1.165, 1.54) is 83.1 Å². The van der Waals surface area contributed by atoms with Crippen LogP contribution >= 0.6 is 0 Å². The van der Waals surface area contributed by atoms with Crippen LogP contribution in [0.5, 0.6) is 0 Å². The minimum atomic E-state index is -0.488. The maximum atomic E-state index is 2.51. The summed E-state index contributed by atoms with van der Waals surface area (Å²) in [5.74, 6) is 0. The molecule has 0 bridgehead atoms. The van der Waals surface area contributed by atoms with Crippen LogP contribution in [0.15, 0.2) is 218 Å². The van der Waals surface area contributed by atoms with Gasteiger partial charge in [-0.25, -0.2) is 0 Å². The SMILES string of the molecule is c1ccc(-c2cccc(-c3ccccc3N(c3ccccc3)c3ccc4c(c3)-c3ccccc3C43c4ccccc4-n4c5ccccc5c5cccc3c54)c2)cc1. The quantitative estimate of drug-likeness (QED) is 0.172. The van der Waals surface area contributed by atoms with E-state index in [4.69, 9.17) is 0 Å². The molecule has 2 nitrogen and oxygen atoms in total. The zero-order valence-electron chi connectivity index (χ0n) is 31.2. The Morgan fingerprint density at radius 3 is 1.84 bits per heavy atom. The van der Waals surface area contributed by atoms with Gasteiger partial charge in [-0.05, 0) is 98.6 Å². The van der Waals surface area contributed by atoms with Crippen molar-refractivity contribution in [1.82, 2.24) is 4.57 Å². The zero-order valence-corrected chi connectivity index (χ0v) is 31.2. The third-order valence-corrected chi connectivity index (χ3v) is 12.4. The Morgan fingerprint density at radius 1 is 0.351 bits per heavy atom. The van der Waals surface area contributed by atoms with Gasteiger partial charge in [0.2, 0.25) is 0 Å². The van der Waals surface area contributed by atoms with Gasteiger partial charge < -0.3 is 9.47 Å². The summed E-state index contributed by atoms with van der Waals surface area (Å²) >= 11 is 0. The summed E-state index contributed by atoms with van der Waals surface area (Å²) in [5.41, 5.74) is 19.3. The Hall–Kier alpha value is -7.42. The fourth-order valence-corrected chi connectivity index (χ4v) is 10.1. The van der Waals surface area contributed by atoms with E-state index in [9.17, 15) is 0 Å². The van der Waals surface area contributed by atoms with E-state index in [-0.39, 0.29) is 0 Å². The van der Waals surface area contributed by atoms with Gasteiger partial charge in [-0.1, -0.05) is 170 Å². The number of rotatable bonds is 5. The molecule has 2 heterocycles. The molecule has 0 fully saturated rings. The molecule has 57 heavy (non-hydrogen) atoms. The van der Waals surface area contributed by atoms with Gasteiger partial charge in [-0.3, -0.25) is 0 Å². The van der Waals surface area contributed by atoms with Crippen molar-refractivity contribution in [3.63, 3.8) is 0 Å². The Morgan fingerprint density at radius 2 is 0.965 bits per heavy atom. The van der Waals surface area contributed by atoms with Crippen LogP contribution in [0, 0.1) is 0 Å². The molecule has 0 N–H and O–H groups in total. The summed E-state index contributed by atoms with van der Waals surface area (Å²) in [6, 6.07) is 80.4. The lowest BCUT2D eigenvalue weighted by molar-refractivity contribution is 0.748. The summed E-state index contributed by atoms with van der Waals surface area (Å²) in [6.07, 6.45) is 0. The Kier molecular flexibility index (Phi) is 6.88. The summed E-state index contributed by atoms with van der Waals surface area (Å²) in [6.45, 7) is 0. The highest BCUT2D eigenvalue weighted by Gasteiger charge is 2.50. The first-order chi connectivity index (χ1) is 28.3. The maximum Gasteiger partial charge on any atom is 0.0754 e. The number of para-hydroxylation sites is 5. The third-order valence-electron chi connectivity index (χ3n) is 12.4. The van der Waals surface area contributed by atoms with E-state index in [0.29, 0.717) is 0 Å². The molecule has 1 atom stereocenters. The highest BCUT2D eigenvalue weighted by Crippen LogP contribution is 2.61. The molecule has 2 aliphatic rings. The van der Waals surface area contributed by atoms with Gasteiger partial charge in [0.1, 0.15) is 0 Å². The molecule has 0 saturated carbocycles. The fraction of sp³-hybridized carbons (Fsp3) is 0.0182. The first-order valence-electron chi connectivity index (χ1n) is 19.8. The Labute approximate surface area is 332 Å². The molecule has 0 amide bonds. The number of benzene rings is 9. The monoisotopic (exact) mass is 724 g/mol. The number of hydrogen-bond acceptors (Lipinski definition) is 1. The molecule has 0 radical (unpaired) electrons. The van der Waals surface area contributed by atoms with Crippen molar-refractivity contribution in [1.29, 1.82) is 0 Å². The van der Waals surface area contributed by atoms with Gasteiger partial charge in [0, 0.05) is 27.7 Å². The van der Waals surface area contributed by atoms with Crippen LogP contribution in [0.2, 0.25) is 0 Å². The van der Waals surface area contributed by atoms with Gasteiger partial charge in [0.05, 0.1) is 27.8 Å². The second-order valence-corrected chi connectivity index (χ2v) is 15.2. The predicted octanol–water partition coefficient (Wildman–Crippen LogP) is 14.3. The van der Waals surface area contributed by atoms with E-state index in [1.807, 2.05) is 0 Å². The van der Waals surface area contributed by atoms with Crippen LogP contribution in [-0.2, 0) is 5.41 Å². The van der Waals surface area contributed by atoms with Gasteiger partial charge in [-0.2, -0.15) is 0 Å².